The molecule has 0 heterocycles. The molecule has 0 amide bonds. The van der Waals surface area contributed by atoms with Crippen LogP contribution in [0, 0.1) is 0 Å². The molecule has 0 spiro atoms. The predicted octanol–water partition coefficient (Wildman–Crippen LogP) is -0.843. The third-order valence-electron chi connectivity index (χ3n) is 0.732. The van der Waals surface area contributed by atoms with E-state index in [0.29, 0.717) is 4.73 Å². The second-order valence-corrected chi connectivity index (χ2v) is 2.65. The zero-order valence-electron chi connectivity index (χ0n) is 5.87. The Morgan fingerprint density at radius 1 is 1.70 bits per heavy atom. The van der Waals surface area contributed by atoms with Gasteiger partial charge in [0, 0.05) is 0 Å². The molecule has 0 saturated carbocycles. The average Bonchev–Trinajstić information content (AvgIpc) is 1.82. The van der Waals surface area contributed by atoms with E-state index >= 15 is 0 Å². The molecule has 0 unspecified atom stereocenters. The fourth-order valence-electron chi connectivity index (χ4n) is 0.277. The van der Waals surface area contributed by atoms with E-state index in [4.69, 9.17) is 5.11 Å². The maximum absolute atomic E-state index is 9.99. The van der Waals surface area contributed by atoms with Gasteiger partial charge >= 0.3 is 67.1 Å². The molecule has 5 heteroatoms. The van der Waals surface area contributed by atoms with Crippen LogP contribution in [-0.2, 0) is 4.79 Å². The minimum absolute atomic E-state index is 0.180. The van der Waals surface area contributed by atoms with Gasteiger partial charge in [-0.05, 0) is 0 Å². The number of nitrogens with zero attached hydrogens (tertiary/aromatic N) is 2. The van der Waals surface area contributed by atoms with Gasteiger partial charge in [0.05, 0.1) is 0 Å². The summed E-state index contributed by atoms with van der Waals surface area (Å²) in [6.45, 7) is -0.180. The van der Waals surface area contributed by atoms with Gasteiger partial charge in [0.2, 0.25) is 0 Å². The summed E-state index contributed by atoms with van der Waals surface area (Å²) in [5.74, 6) is -0.922. The fraction of sp³-hybridized carbons (Fsp3) is 0.600. The Bertz CT molecular complexity index is 156. The van der Waals surface area contributed by atoms with E-state index in [0.717, 1.165) is 0 Å². The van der Waals surface area contributed by atoms with Crippen molar-refractivity contribution in [3.05, 3.63) is 0 Å². The summed E-state index contributed by atoms with van der Waals surface area (Å²) in [6.07, 6.45) is 0. The first-order valence-electron chi connectivity index (χ1n) is 2.64. The van der Waals surface area contributed by atoms with E-state index in [9.17, 15) is 4.79 Å². The topological polar surface area (TPSA) is 52.9 Å². The molecule has 0 fully saturated rings. The van der Waals surface area contributed by atoms with Crippen molar-refractivity contribution in [3.8, 4) is 0 Å². The summed E-state index contributed by atoms with van der Waals surface area (Å²) in [5.41, 5.74) is 0. The van der Waals surface area contributed by atoms with Gasteiger partial charge in [-0.25, -0.2) is 0 Å². The van der Waals surface area contributed by atoms with Crippen LogP contribution < -0.4 is 0 Å². The van der Waals surface area contributed by atoms with Crippen molar-refractivity contribution >= 4 is 26.7 Å². The number of carboxylic acid groups (broad SMARTS) is 1. The molecule has 1 radical (unpaired) electrons. The van der Waals surface area contributed by atoms with Crippen molar-refractivity contribution < 1.29 is 9.90 Å². The van der Waals surface area contributed by atoms with Crippen LogP contribution in [0.4, 0.5) is 0 Å². The monoisotopic (exact) mass is 209 g/mol. The van der Waals surface area contributed by atoms with Crippen molar-refractivity contribution in [1.82, 2.24) is 4.90 Å². The molecule has 0 saturated heterocycles. The van der Waals surface area contributed by atoms with Crippen molar-refractivity contribution in [2.45, 2.75) is 0 Å². The standard InChI is InChI=1S/C5H9N2O2Se/c1-7(2)5(10)6-3-4(8)9/h3H2,1-2H3,(H,8,9). The summed E-state index contributed by atoms with van der Waals surface area (Å²) < 4.78 is 0.599. The van der Waals surface area contributed by atoms with E-state index in [-0.39, 0.29) is 6.54 Å². The number of rotatable bonds is 2. The molecular formula is C5H9N2O2Se. The SMILES string of the molecule is CN(C)C([Se])=NCC(=O)O. The molecule has 10 heavy (non-hydrogen) atoms. The van der Waals surface area contributed by atoms with Crippen molar-refractivity contribution in [1.29, 1.82) is 0 Å². The summed E-state index contributed by atoms with van der Waals surface area (Å²) in [7, 11) is 3.58. The number of carbonyl (C=O) groups is 1. The zero-order chi connectivity index (χ0) is 8.15. The fourth-order valence-corrected chi connectivity index (χ4v) is 0.412. The summed E-state index contributed by atoms with van der Waals surface area (Å²) in [5, 5.41) is 8.20. The number of aliphatic imine (C=N–C) groups is 1. The van der Waals surface area contributed by atoms with Crippen LogP contribution in [0.3, 0.4) is 0 Å². The van der Waals surface area contributed by atoms with Crippen LogP contribution >= 0.6 is 0 Å². The summed E-state index contributed by atoms with van der Waals surface area (Å²) in [6, 6.07) is 0. The number of hydrogen-bond acceptors (Lipinski definition) is 2. The molecule has 57 valence electrons. The number of aliphatic carboxylic acids is 1. The van der Waals surface area contributed by atoms with E-state index in [1.54, 1.807) is 19.0 Å². The first-order chi connectivity index (χ1) is 4.54. The van der Waals surface area contributed by atoms with E-state index in [2.05, 4.69) is 21.0 Å². The zero-order valence-corrected chi connectivity index (χ0v) is 7.58. The molecule has 4 nitrogen and oxygen atoms in total. The maximum atomic E-state index is 9.99. The Balaban J connectivity index is 3.80. The number of carboxylic acids is 1. The molecule has 0 rings (SSSR count). The second kappa shape index (κ2) is 4.30. The molecule has 0 aromatic carbocycles. The van der Waals surface area contributed by atoms with E-state index < -0.39 is 5.97 Å². The van der Waals surface area contributed by atoms with Crippen LogP contribution in [0.2, 0.25) is 0 Å². The molecule has 1 N–H and O–H groups in total. The first-order valence-corrected chi connectivity index (χ1v) is 3.50. The molecule has 0 aromatic heterocycles. The summed E-state index contributed by atoms with van der Waals surface area (Å²) in [4.78, 5) is 15.4. The van der Waals surface area contributed by atoms with Crippen LogP contribution in [0.1, 0.15) is 0 Å². The molecule has 0 aliphatic carbocycles. The normalized spacial score (nSPS) is 11.2. The molecule has 0 aromatic rings. The number of hydrogen-bond donors (Lipinski definition) is 1. The van der Waals surface area contributed by atoms with Gasteiger partial charge in [-0.1, -0.05) is 0 Å². The van der Waals surface area contributed by atoms with Crippen LogP contribution in [0.15, 0.2) is 4.99 Å². The Hall–Kier alpha value is -0.541. The molecule has 0 aliphatic heterocycles. The van der Waals surface area contributed by atoms with Gasteiger partial charge in [-0.15, -0.1) is 0 Å². The minimum atomic E-state index is -0.922. The molecule has 0 aliphatic rings. The first kappa shape index (κ1) is 9.46. The van der Waals surface area contributed by atoms with Gasteiger partial charge in [0.1, 0.15) is 0 Å². The molecule has 0 atom stereocenters. The van der Waals surface area contributed by atoms with Gasteiger partial charge < -0.3 is 0 Å². The van der Waals surface area contributed by atoms with Gasteiger partial charge in [-0.2, -0.15) is 0 Å². The Kier molecular flexibility index (Phi) is 4.07. The Labute approximate surface area is 67.7 Å². The van der Waals surface area contributed by atoms with Crippen molar-refractivity contribution in [2.75, 3.05) is 20.6 Å². The average molecular weight is 208 g/mol. The van der Waals surface area contributed by atoms with Crippen molar-refractivity contribution in [2.24, 2.45) is 4.99 Å². The van der Waals surface area contributed by atoms with Gasteiger partial charge in [0.25, 0.3) is 0 Å². The predicted molar refractivity (Wildman–Crippen MR) is 39.4 cm³/mol. The molecule has 0 bridgehead atoms. The Morgan fingerprint density at radius 3 is 2.50 bits per heavy atom. The third-order valence-corrected chi connectivity index (χ3v) is 1.77. The third kappa shape index (κ3) is 4.35. The van der Waals surface area contributed by atoms with E-state index in [1.165, 1.54) is 0 Å². The van der Waals surface area contributed by atoms with Crippen LogP contribution in [-0.4, -0.2) is 57.4 Å². The quantitative estimate of drug-likeness (QED) is 0.365. The van der Waals surface area contributed by atoms with Crippen LogP contribution in [0.25, 0.3) is 0 Å². The van der Waals surface area contributed by atoms with E-state index in [1.807, 2.05) is 0 Å². The summed E-state index contributed by atoms with van der Waals surface area (Å²) >= 11 is 2.64. The van der Waals surface area contributed by atoms with Crippen LogP contribution in [0.5, 0.6) is 0 Å². The van der Waals surface area contributed by atoms with Gasteiger partial charge in [0.15, 0.2) is 0 Å². The Morgan fingerprint density at radius 2 is 2.20 bits per heavy atom. The van der Waals surface area contributed by atoms with Gasteiger partial charge in [-0.3, -0.25) is 0 Å². The number of amidine groups is 1. The molecular weight excluding hydrogens is 199 g/mol. The van der Waals surface area contributed by atoms with Crippen molar-refractivity contribution in [3.63, 3.8) is 0 Å². The second-order valence-electron chi connectivity index (χ2n) is 1.89.